The second kappa shape index (κ2) is 10.8. The van der Waals surface area contributed by atoms with Crippen molar-refractivity contribution in [2.45, 2.75) is 39.6 Å². The predicted octanol–water partition coefficient (Wildman–Crippen LogP) is 7.24. The first-order valence-electron chi connectivity index (χ1n) is 11.5. The largest absolute Gasteiger partial charge is 0.534 e. The molecule has 0 bridgehead atoms. The van der Waals surface area contributed by atoms with Gasteiger partial charge in [-0.1, -0.05) is 61.5 Å². The molecule has 0 aliphatic rings. The molecule has 0 saturated carbocycles. The van der Waals surface area contributed by atoms with Gasteiger partial charge in [0.2, 0.25) is 0 Å². The van der Waals surface area contributed by atoms with E-state index in [2.05, 4.69) is 4.18 Å². The SMILES string of the molecule is CC/C(=C(/c1ccc(OC(=O)C(C)(C)C)cc1)c1ccc(OS(=O)(=O)C(F)(F)F)cc1)c1ccccc1. The maximum atomic E-state index is 12.7. The smallest absolute Gasteiger partial charge is 0.426 e. The Kier molecular flexibility index (Phi) is 8.17. The Morgan fingerprint density at radius 2 is 1.24 bits per heavy atom. The average Bonchev–Trinajstić information content (AvgIpc) is 2.83. The molecule has 0 N–H and O–H groups in total. The highest BCUT2D eigenvalue weighted by Crippen LogP contribution is 2.36. The number of alkyl halides is 3. The summed E-state index contributed by atoms with van der Waals surface area (Å²) >= 11 is 0. The molecule has 0 aromatic heterocycles. The summed E-state index contributed by atoms with van der Waals surface area (Å²) in [6.07, 6.45) is 0.626. The lowest BCUT2D eigenvalue weighted by Crippen LogP contribution is -2.28. The van der Waals surface area contributed by atoms with Crippen molar-refractivity contribution < 1.29 is 35.3 Å². The number of ether oxygens (including phenoxy) is 1. The summed E-state index contributed by atoms with van der Waals surface area (Å²) in [5.41, 5.74) is -2.11. The average molecular weight is 533 g/mol. The minimum absolute atomic E-state index is 0.376. The normalized spacial score (nSPS) is 13.1. The molecule has 37 heavy (non-hydrogen) atoms. The molecule has 5 nitrogen and oxygen atoms in total. The van der Waals surface area contributed by atoms with E-state index in [9.17, 15) is 26.4 Å². The maximum absolute atomic E-state index is 12.7. The maximum Gasteiger partial charge on any atom is 0.534 e. The molecule has 3 aromatic carbocycles. The van der Waals surface area contributed by atoms with E-state index in [1.165, 1.54) is 24.3 Å². The molecular formula is C28H27F3O5S. The second-order valence-corrected chi connectivity index (χ2v) is 10.8. The highest BCUT2D eigenvalue weighted by atomic mass is 32.2. The fourth-order valence-electron chi connectivity index (χ4n) is 3.48. The first-order valence-corrected chi connectivity index (χ1v) is 12.9. The summed E-state index contributed by atoms with van der Waals surface area (Å²) in [4.78, 5) is 12.3. The van der Waals surface area contributed by atoms with Crippen LogP contribution in [0.5, 0.6) is 11.5 Å². The summed E-state index contributed by atoms with van der Waals surface area (Å²) in [6.45, 7) is 7.25. The molecule has 0 fully saturated rings. The Morgan fingerprint density at radius 3 is 1.68 bits per heavy atom. The number of allylic oxidation sites excluding steroid dienone is 1. The van der Waals surface area contributed by atoms with Crippen LogP contribution in [0, 0.1) is 5.41 Å². The molecule has 0 unspecified atom stereocenters. The zero-order valence-corrected chi connectivity index (χ0v) is 21.6. The number of hydrogen-bond donors (Lipinski definition) is 0. The van der Waals surface area contributed by atoms with E-state index < -0.39 is 26.8 Å². The van der Waals surface area contributed by atoms with Crippen molar-refractivity contribution in [2.75, 3.05) is 0 Å². The number of carbonyl (C=O) groups excluding carboxylic acids is 1. The lowest BCUT2D eigenvalue weighted by Gasteiger charge is -2.18. The molecule has 0 amide bonds. The van der Waals surface area contributed by atoms with Crippen LogP contribution in [0.1, 0.15) is 50.8 Å². The van der Waals surface area contributed by atoms with Gasteiger partial charge in [-0.25, -0.2) is 0 Å². The summed E-state index contributed by atoms with van der Waals surface area (Å²) in [6, 6.07) is 21.9. The summed E-state index contributed by atoms with van der Waals surface area (Å²) in [5.74, 6) is -0.455. The van der Waals surface area contributed by atoms with Crippen LogP contribution in [0.25, 0.3) is 11.1 Å². The molecule has 196 valence electrons. The Labute approximate surface area is 214 Å². The van der Waals surface area contributed by atoms with Crippen molar-refractivity contribution in [2.24, 2.45) is 5.41 Å². The fourth-order valence-corrected chi connectivity index (χ4v) is 3.94. The summed E-state index contributed by atoms with van der Waals surface area (Å²) < 4.78 is 70.6. The lowest BCUT2D eigenvalue weighted by atomic mass is 9.88. The Morgan fingerprint density at radius 1 is 0.757 bits per heavy atom. The van der Waals surface area contributed by atoms with Gasteiger partial charge in [0.05, 0.1) is 5.41 Å². The summed E-state index contributed by atoms with van der Waals surface area (Å²) in [5, 5.41) is 0. The third kappa shape index (κ3) is 6.80. The molecule has 0 aliphatic carbocycles. The van der Waals surface area contributed by atoms with E-state index in [-0.39, 0.29) is 5.97 Å². The van der Waals surface area contributed by atoms with E-state index in [1.54, 1.807) is 45.0 Å². The van der Waals surface area contributed by atoms with Crippen LogP contribution < -0.4 is 8.92 Å². The fraction of sp³-hybridized carbons (Fsp3) is 0.250. The van der Waals surface area contributed by atoms with Crippen LogP contribution in [-0.4, -0.2) is 19.9 Å². The van der Waals surface area contributed by atoms with Crippen molar-refractivity contribution in [1.82, 2.24) is 0 Å². The van der Waals surface area contributed by atoms with E-state index in [4.69, 9.17) is 4.74 Å². The third-order valence-electron chi connectivity index (χ3n) is 5.38. The van der Waals surface area contributed by atoms with E-state index in [1.807, 2.05) is 37.3 Å². The van der Waals surface area contributed by atoms with Gasteiger partial charge in [-0.05, 0) is 79.3 Å². The van der Waals surface area contributed by atoms with E-state index in [0.29, 0.717) is 17.7 Å². The first kappa shape index (κ1) is 28.0. The highest BCUT2D eigenvalue weighted by Gasteiger charge is 2.48. The number of hydrogen-bond acceptors (Lipinski definition) is 5. The molecular weight excluding hydrogens is 505 g/mol. The predicted molar refractivity (Wildman–Crippen MR) is 136 cm³/mol. The van der Waals surface area contributed by atoms with Crippen LogP contribution in [0.4, 0.5) is 13.2 Å². The quantitative estimate of drug-likeness (QED) is 0.106. The zero-order valence-electron chi connectivity index (χ0n) is 20.8. The molecule has 0 atom stereocenters. The number of rotatable bonds is 7. The van der Waals surface area contributed by atoms with Gasteiger partial charge < -0.3 is 8.92 Å². The highest BCUT2D eigenvalue weighted by molar-refractivity contribution is 7.88. The van der Waals surface area contributed by atoms with Gasteiger partial charge in [-0.15, -0.1) is 0 Å². The van der Waals surface area contributed by atoms with Crippen molar-refractivity contribution in [3.63, 3.8) is 0 Å². The van der Waals surface area contributed by atoms with Crippen LogP contribution >= 0.6 is 0 Å². The zero-order chi connectivity index (χ0) is 27.4. The molecule has 0 spiro atoms. The van der Waals surface area contributed by atoms with Gasteiger partial charge in [0.25, 0.3) is 0 Å². The summed E-state index contributed by atoms with van der Waals surface area (Å²) in [7, 11) is -5.78. The molecule has 3 rings (SSSR count). The van der Waals surface area contributed by atoms with Crippen LogP contribution in [0.15, 0.2) is 78.9 Å². The van der Waals surface area contributed by atoms with Crippen molar-refractivity contribution >= 4 is 27.2 Å². The van der Waals surface area contributed by atoms with Crippen LogP contribution in [0.2, 0.25) is 0 Å². The second-order valence-electron chi connectivity index (χ2n) is 9.24. The van der Waals surface area contributed by atoms with Gasteiger partial charge >= 0.3 is 21.6 Å². The third-order valence-corrected chi connectivity index (χ3v) is 6.35. The van der Waals surface area contributed by atoms with Gasteiger partial charge in [-0.2, -0.15) is 21.6 Å². The van der Waals surface area contributed by atoms with E-state index >= 15 is 0 Å². The standard InChI is InChI=1S/C28H27F3O5S/c1-5-24(19-9-7-6-8-10-19)25(20-11-15-22(16-12-20)35-26(32)27(2,3)4)21-13-17-23(18-14-21)36-37(33,34)28(29,30)31/h6-18H,5H2,1-4H3/b25-24+. The number of esters is 1. The van der Waals surface area contributed by atoms with Crippen molar-refractivity contribution in [3.05, 3.63) is 95.6 Å². The minimum atomic E-state index is -5.78. The molecule has 3 aromatic rings. The molecule has 0 saturated heterocycles. The van der Waals surface area contributed by atoms with Crippen molar-refractivity contribution in [3.8, 4) is 11.5 Å². The van der Waals surface area contributed by atoms with Crippen LogP contribution in [-0.2, 0) is 14.9 Å². The Hall–Kier alpha value is -3.59. The van der Waals surface area contributed by atoms with Gasteiger partial charge in [0.15, 0.2) is 0 Å². The molecule has 0 heterocycles. The van der Waals surface area contributed by atoms with Crippen LogP contribution in [0.3, 0.4) is 0 Å². The molecule has 0 aliphatic heterocycles. The number of benzene rings is 3. The Bertz CT molecular complexity index is 1370. The molecule has 0 radical (unpaired) electrons. The number of carbonyl (C=O) groups is 1. The topological polar surface area (TPSA) is 69.7 Å². The number of halogens is 3. The minimum Gasteiger partial charge on any atom is -0.426 e. The Balaban J connectivity index is 2.06. The van der Waals surface area contributed by atoms with Gasteiger partial charge in [0, 0.05) is 0 Å². The van der Waals surface area contributed by atoms with Gasteiger partial charge in [-0.3, -0.25) is 4.79 Å². The van der Waals surface area contributed by atoms with E-state index in [0.717, 1.165) is 22.3 Å². The van der Waals surface area contributed by atoms with Gasteiger partial charge in [0.1, 0.15) is 11.5 Å². The lowest BCUT2D eigenvalue weighted by molar-refractivity contribution is -0.143. The monoisotopic (exact) mass is 532 g/mol. The first-order chi connectivity index (χ1) is 17.2. The molecule has 9 heteroatoms. The van der Waals surface area contributed by atoms with Crippen molar-refractivity contribution in [1.29, 1.82) is 0 Å².